The number of hydrogen-bond donors (Lipinski definition) is 1. The Morgan fingerprint density at radius 1 is 1.31 bits per heavy atom. The Morgan fingerprint density at radius 3 is 2.69 bits per heavy atom. The Kier molecular flexibility index (Phi) is 4.96. The zero-order valence-corrected chi connectivity index (χ0v) is 9.50. The van der Waals surface area contributed by atoms with Gasteiger partial charge < -0.3 is 5.11 Å². The molecule has 16 heavy (non-hydrogen) atoms. The summed E-state index contributed by atoms with van der Waals surface area (Å²) in [7, 11) is 0. The van der Waals surface area contributed by atoms with Gasteiger partial charge in [0.05, 0.1) is 5.56 Å². The van der Waals surface area contributed by atoms with Crippen molar-refractivity contribution < 1.29 is 14.3 Å². The SMILES string of the molecule is CCCCCCc1cccc(C(=O)O)c1F. The summed E-state index contributed by atoms with van der Waals surface area (Å²) >= 11 is 0. The van der Waals surface area contributed by atoms with Crippen molar-refractivity contribution in [1.29, 1.82) is 0 Å². The summed E-state index contributed by atoms with van der Waals surface area (Å²) in [4.78, 5) is 10.7. The quantitative estimate of drug-likeness (QED) is 0.749. The van der Waals surface area contributed by atoms with Crippen molar-refractivity contribution >= 4 is 5.97 Å². The Bertz CT molecular complexity index is 361. The van der Waals surface area contributed by atoms with Crippen molar-refractivity contribution in [2.75, 3.05) is 0 Å². The molecule has 1 aromatic carbocycles. The van der Waals surface area contributed by atoms with E-state index in [0.717, 1.165) is 25.7 Å². The van der Waals surface area contributed by atoms with Crippen LogP contribution in [0.2, 0.25) is 0 Å². The minimum Gasteiger partial charge on any atom is -0.478 e. The summed E-state index contributed by atoms with van der Waals surface area (Å²) in [5, 5.41) is 8.76. The molecule has 0 aromatic heterocycles. The highest BCUT2D eigenvalue weighted by molar-refractivity contribution is 5.88. The van der Waals surface area contributed by atoms with Crippen LogP contribution in [0.4, 0.5) is 4.39 Å². The lowest BCUT2D eigenvalue weighted by Gasteiger charge is -2.05. The Hall–Kier alpha value is -1.38. The molecule has 2 nitrogen and oxygen atoms in total. The first-order valence-electron chi connectivity index (χ1n) is 5.67. The van der Waals surface area contributed by atoms with E-state index in [1.54, 1.807) is 12.1 Å². The van der Waals surface area contributed by atoms with Crippen LogP contribution in [0.5, 0.6) is 0 Å². The van der Waals surface area contributed by atoms with Crippen molar-refractivity contribution in [1.82, 2.24) is 0 Å². The van der Waals surface area contributed by atoms with Gasteiger partial charge in [-0.15, -0.1) is 0 Å². The molecule has 1 aromatic rings. The number of aryl methyl sites for hydroxylation is 1. The second-order valence-corrected chi connectivity index (χ2v) is 3.89. The largest absolute Gasteiger partial charge is 0.478 e. The van der Waals surface area contributed by atoms with Crippen LogP contribution in [0.15, 0.2) is 18.2 Å². The van der Waals surface area contributed by atoms with Crippen LogP contribution in [-0.2, 0) is 6.42 Å². The van der Waals surface area contributed by atoms with E-state index >= 15 is 0 Å². The molecule has 0 spiro atoms. The van der Waals surface area contributed by atoms with Gasteiger partial charge in [-0.25, -0.2) is 9.18 Å². The molecule has 0 amide bonds. The molecular formula is C13H17FO2. The van der Waals surface area contributed by atoms with E-state index in [2.05, 4.69) is 6.92 Å². The average molecular weight is 224 g/mol. The fraction of sp³-hybridized carbons (Fsp3) is 0.462. The van der Waals surface area contributed by atoms with Crippen molar-refractivity contribution in [3.05, 3.63) is 35.1 Å². The molecule has 3 heteroatoms. The first-order valence-corrected chi connectivity index (χ1v) is 5.67. The second-order valence-electron chi connectivity index (χ2n) is 3.89. The van der Waals surface area contributed by atoms with Crippen molar-refractivity contribution in [2.24, 2.45) is 0 Å². The predicted octanol–water partition coefficient (Wildman–Crippen LogP) is 3.65. The van der Waals surface area contributed by atoms with Gasteiger partial charge in [-0.2, -0.15) is 0 Å². The van der Waals surface area contributed by atoms with Gasteiger partial charge in [0.1, 0.15) is 5.82 Å². The minimum absolute atomic E-state index is 0.229. The third-order valence-electron chi connectivity index (χ3n) is 2.61. The summed E-state index contributed by atoms with van der Waals surface area (Å²) in [5.74, 6) is -1.78. The number of rotatable bonds is 6. The zero-order valence-electron chi connectivity index (χ0n) is 9.50. The van der Waals surface area contributed by atoms with Gasteiger partial charge in [0.2, 0.25) is 0 Å². The smallest absolute Gasteiger partial charge is 0.338 e. The van der Waals surface area contributed by atoms with Crippen LogP contribution in [0, 0.1) is 5.82 Å². The van der Waals surface area contributed by atoms with Gasteiger partial charge in [0.15, 0.2) is 0 Å². The topological polar surface area (TPSA) is 37.3 Å². The summed E-state index contributed by atoms with van der Waals surface area (Å²) in [6.07, 6.45) is 4.87. The monoisotopic (exact) mass is 224 g/mol. The van der Waals surface area contributed by atoms with E-state index < -0.39 is 11.8 Å². The number of halogens is 1. The number of unbranched alkanes of at least 4 members (excludes halogenated alkanes) is 3. The molecule has 88 valence electrons. The zero-order chi connectivity index (χ0) is 12.0. The van der Waals surface area contributed by atoms with Gasteiger partial charge >= 0.3 is 5.97 Å². The maximum Gasteiger partial charge on any atom is 0.338 e. The van der Waals surface area contributed by atoms with Crippen molar-refractivity contribution in [2.45, 2.75) is 39.0 Å². The standard InChI is InChI=1S/C13H17FO2/c1-2-3-4-5-7-10-8-6-9-11(12(10)14)13(15)16/h6,8-9H,2-5,7H2,1H3,(H,15,16). The van der Waals surface area contributed by atoms with E-state index in [1.165, 1.54) is 6.07 Å². The molecule has 0 radical (unpaired) electrons. The number of aromatic carboxylic acids is 1. The summed E-state index contributed by atoms with van der Waals surface area (Å²) in [6, 6.07) is 4.56. The summed E-state index contributed by atoms with van der Waals surface area (Å²) in [6.45, 7) is 2.12. The number of carboxylic acids is 1. The van der Waals surface area contributed by atoms with Crippen LogP contribution in [0.1, 0.15) is 48.5 Å². The molecule has 0 atom stereocenters. The van der Waals surface area contributed by atoms with Crippen LogP contribution >= 0.6 is 0 Å². The van der Waals surface area contributed by atoms with Crippen LogP contribution in [0.3, 0.4) is 0 Å². The molecule has 0 saturated heterocycles. The number of carboxylic acid groups (broad SMARTS) is 1. The fourth-order valence-corrected chi connectivity index (χ4v) is 1.68. The maximum atomic E-state index is 13.7. The molecule has 0 unspecified atom stereocenters. The highest BCUT2D eigenvalue weighted by Gasteiger charge is 2.12. The fourth-order valence-electron chi connectivity index (χ4n) is 1.68. The summed E-state index contributed by atoms with van der Waals surface area (Å²) < 4.78 is 13.7. The van der Waals surface area contributed by atoms with Crippen LogP contribution in [0.25, 0.3) is 0 Å². The van der Waals surface area contributed by atoms with E-state index in [-0.39, 0.29) is 5.56 Å². The van der Waals surface area contributed by atoms with Crippen molar-refractivity contribution in [3.63, 3.8) is 0 Å². The first kappa shape index (κ1) is 12.7. The third kappa shape index (κ3) is 3.33. The normalized spacial score (nSPS) is 10.4. The lowest BCUT2D eigenvalue weighted by atomic mass is 10.0. The van der Waals surface area contributed by atoms with Gasteiger partial charge in [-0.1, -0.05) is 38.3 Å². The Balaban J connectivity index is 2.66. The number of benzene rings is 1. The molecule has 1 rings (SSSR count). The van der Waals surface area contributed by atoms with Gasteiger partial charge in [-0.3, -0.25) is 0 Å². The van der Waals surface area contributed by atoms with Gasteiger partial charge in [-0.05, 0) is 24.5 Å². The molecule has 0 fully saturated rings. The van der Waals surface area contributed by atoms with Crippen LogP contribution in [-0.4, -0.2) is 11.1 Å². The Morgan fingerprint density at radius 2 is 2.06 bits per heavy atom. The van der Waals surface area contributed by atoms with E-state index in [9.17, 15) is 9.18 Å². The predicted molar refractivity (Wildman–Crippen MR) is 61.2 cm³/mol. The average Bonchev–Trinajstić information content (AvgIpc) is 2.26. The van der Waals surface area contributed by atoms with Gasteiger partial charge in [0, 0.05) is 0 Å². The second kappa shape index (κ2) is 6.26. The minimum atomic E-state index is -1.20. The Labute approximate surface area is 95.1 Å². The molecule has 1 N–H and O–H groups in total. The van der Waals surface area contributed by atoms with E-state index in [1.807, 2.05) is 0 Å². The number of carbonyl (C=O) groups is 1. The molecule has 0 aliphatic rings. The molecule has 0 saturated carbocycles. The molecule has 0 heterocycles. The highest BCUT2D eigenvalue weighted by Crippen LogP contribution is 2.16. The van der Waals surface area contributed by atoms with Gasteiger partial charge in [0.25, 0.3) is 0 Å². The molecular weight excluding hydrogens is 207 g/mol. The number of hydrogen-bond acceptors (Lipinski definition) is 1. The molecule has 0 aliphatic heterocycles. The lowest BCUT2D eigenvalue weighted by molar-refractivity contribution is 0.0691. The van der Waals surface area contributed by atoms with E-state index in [4.69, 9.17) is 5.11 Å². The lowest BCUT2D eigenvalue weighted by Crippen LogP contribution is -2.03. The molecule has 0 bridgehead atoms. The molecule has 0 aliphatic carbocycles. The maximum absolute atomic E-state index is 13.7. The van der Waals surface area contributed by atoms with Crippen LogP contribution < -0.4 is 0 Å². The van der Waals surface area contributed by atoms with Crippen molar-refractivity contribution in [3.8, 4) is 0 Å². The summed E-state index contributed by atoms with van der Waals surface area (Å²) in [5.41, 5.74) is 0.281. The van der Waals surface area contributed by atoms with E-state index in [0.29, 0.717) is 12.0 Å². The highest BCUT2D eigenvalue weighted by atomic mass is 19.1. The third-order valence-corrected chi connectivity index (χ3v) is 2.61. The first-order chi connectivity index (χ1) is 7.66.